The number of ether oxygens (including phenoxy) is 2. The van der Waals surface area contributed by atoms with Crippen LogP contribution < -0.4 is 14.8 Å². The first-order valence-electron chi connectivity index (χ1n) is 7.17. The molecule has 1 N–H and O–H groups in total. The van der Waals surface area contributed by atoms with Gasteiger partial charge in [0.1, 0.15) is 0 Å². The quantitative estimate of drug-likeness (QED) is 0.855. The molecule has 106 valence electrons. The molecule has 1 aliphatic rings. The van der Waals surface area contributed by atoms with Crippen LogP contribution in [-0.2, 0) is 6.42 Å². The molecule has 0 bridgehead atoms. The van der Waals surface area contributed by atoms with Crippen molar-refractivity contribution in [1.82, 2.24) is 5.32 Å². The average molecular weight is 263 g/mol. The first-order valence-corrected chi connectivity index (χ1v) is 7.17. The van der Waals surface area contributed by atoms with Crippen molar-refractivity contribution in [3.63, 3.8) is 0 Å². The normalized spacial score (nSPS) is 22.5. The van der Waals surface area contributed by atoms with Crippen LogP contribution in [0.3, 0.4) is 0 Å². The van der Waals surface area contributed by atoms with Crippen molar-refractivity contribution in [3.05, 3.63) is 23.8 Å². The van der Waals surface area contributed by atoms with Gasteiger partial charge in [-0.05, 0) is 55.8 Å². The maximum atomic E-state index is 5.33. The zero-order valence-corrected chi connectivity index (χ0v) is 12.2. The van der Waals surface area contributed by atoms with Crippen LogP contribution in [0.15, 0.2) is 18.2 Å². The lowest BCUT2D eigenvalue weighted by molar-refractivity contribution is 0.354. The standard InChI is InChI=1S/C16H25NO2/c1-12-4-6-14(10-12)17-9-8-13-5-7-15(18-2)16(11-13)19-3/h5,7,11-12,14,17H,4,6,8-10H2,1-3H3. The minimum Gasteiger partial charge on any atom is -0.493 e. The van der Waals surface area contributed by atoms with Crippen molar-refractivity contribution >= 4 is 0 Å². The molecule has 3 heteroatoms. The molecule has 2 rings (SSSR count). The smallest absolute Gasteiger partial charge is 0.160 e. The molecule has 0 radical (unpaired) electrons. The van der Waals surface area contributed by atoms with Gasteiger partial charge in [-0.2, -0.15) is 0 Å². The van der Waals surface area contributed by atoms with Crippen molar-refractivity contribution in [2.24, 2.45) is 5.92 Å². The highest BCUT2D eigenvalue weighted by Gasteiger charge is 2.20. The monoisotopic (exact) mass is 263 g/mol. The summed E-state index contributed by atoms with van der Waals surface area (Å²) in [4.78, 5) is 0. The third-order valence-corrected chi connectivity index (χ3v) is 3.99. The van der Waals surface area contributed by atoms with Gasteiger partial charge in [-0.25, -0.2) is 0 Å². The van der Waals surface area contributed by atoms with E-state index in [0.29, 0.717) is 0 Å². The van der Waals surface area contributed by atoms with Crippen molar-refractivity contribution in [2.45, 2.75) is 38.6 Å². The minimum atomic E-state index is 0.718. The number of nitrogens with one attached hydrogen (secondary N) is 1. The number of methoxy groups -OCH3 is 2. The highest BCUT2D eigenvalue weighted by molar-refractivity contribution is 5.42. The third-order valence-electron chi connectivity index (χ3n) is 3.99. The summed E-state index contributed by atoms with van der Waals surface area (Å²) in [7, 11) is 3.35. The van der Waals surface area contributed by atoms with Crippen molar-refractivity contribution in [3.8, 4) is 11.5 Å². The van der Waals surface area contributed by atoms with E-state index in [1.165, 1.54) is 24.8 Å². The lowest BCUT2D eigenvalue weighted by Crippen LogP contribution is -2.28. The SMILES string of the molecule is COc1ccc(CCNC2CCC(C)C2)cc1OC. The number of rotatable bonds is 6. The molecule has 0 amide bonds. The Bertz CT molecular complexity index is 406. The van der Waals surface area contributed by atoms with Crippen LogP contribution in [0.5, 0.6) is 11.5 Å². The van der Waals surface area contributed by atoms with Crippen LogP contribution >= 0.6 is 0 Å². The molecule has 1 aromatic rings. The Kier molecular flexibility index (Phi) is 5.08. The second-order valence-electron chi connectivity index (χ2n) is 5.51. The summed E-state index contributed by atoms with van der Waals surface area (Å²) in [5.41, 5.74) is 1.29. The van der Waals surface area contributed by atoms with Gasteiger partial charge < -0.3 is 14.8 Å². The first kappa shape index (κ1) is 14.2. The van der Waals surface area contributed by atoms with Gasteiger partial charge in [0, 0.05) is 6.04 Å². The molecule has 2 atom stereocenters. The predicted octanol–water partition coefficient (Wildman–Crippen LogP) is 3.02. The van der Waals surface area contributed by atoms with E-state index >= 15 is 0 Å². The number of hydrogen-bond donors (Lipinski definition) is 1. The van der Waals surface area contributed by atoms with E-state index in [-0.39, 0.29) is 0 Å². The Morgan fingerprint density at radius 3 is 2.58 bits per heavy atom. The fourth-order valence-corrected chi connectivity index (χ4v) is 2.85. The molecule has 1 fully saturated rings. The molecule has 1 aliphatic carbocycles. The van der Waals surface area contributed by atoms with E-state index < -0.39 is 0 Å². The average Bonchev–Trinajstić information content (AvgIpc) is 2.84. The largest absolute Gasteiger partial charge is 0.493 e. The van der Waals surface area contributed by atoms with Gasteiger partial charge in [-0.15, -0.1) is 0 Å². The third kappa shape index (κ3) is 3.87. The van der Waals surface area contributed by atoms with Crippen LogP contribution in [0.1, 0.15) is 31.7 Å². The Morgan fingerprint density at radius 1 is 1.16 bits per heavy atom. The van der Waals surface area contributed by atoms with Gasteiger partial charge in [0.25, 0.3) is 0 Å². The van der Waals surface area contributed by atoms with Gasteiger partial charge in [0.2, 0.25) is 0 Å². The number of hydrogen-bond acceptors (Lipinski definition) is 3. The van der Waals surface area contributed by atoms with Crippen molar-refractivity contribution in [1.29, 1.82) is 0 Å². The van der Waals surface area contributed by atoms with Gasteiger partial charge in [0.15, 0.2) is 11.5 Å². The molecule has 19 heavy (non-hydrogen) atoms. The highest BCUT2D eigenvalue weighted by atomic mass is 16.5. The Hall–Kier alpha value is -1.22. The molecule has 0 heterocycles. The summed E-state index contributed by atoms with van der Waals surface area (Å²) in [6.45, 7) is 3.38. The second-order valence-corrected chi connectivity index (χ2v) is 5.51. The van der Waals surface area contributed by atoms with Gasteiger partial charge in [-0.1, -0.05) is 13.0 Å². The van der Waals surface area contributed by atoms with E-state index in [1.54, 1.807) is 14.2 Å². The van der Waals surface area contributed by atoms with Crippen LogP contribution in [0.2, 0.25) is 0 Å². The Labute approximate surface area is 116 Å². The molecule has 0 saturated heterocycles. The van der Waals surface area contributed by atoms with Gasteiger partial charge in [0.05, 0.1) is 14.2 Å². The highest BCUT2D eigenvalue weighted by Crippen LogP contribution is 2.28. The summed E-state index contributed by atoms with van der Waals surface area (Å²) in [6, 6.07) is 6.87. The van der Waals surface area contributed by atoms with E-state index in [0.717, 1.165) is 36.4 Å². The fourth-order valence-electron chi connectivity index (χ4n) is 2.85. The summed E-state index contributed by atoms with van der Waals surface area (Å²) in [5.74, 6) is 2.50. The van der Waals surface area contributed by atoms with E-state index in [1.807, 2.05) is 6.07 Å². The lowest BCUT2D eigenvalue weighted by Gasteiger charge is -2.13. The Balaban J connectivity index is 1.82. The molecule has 0 aromatic heterocycles. The summed E-state index contributed by atoms with van der Waals surface area (Å²) < 4.78 is 10.6. The lowest BCUT2D eigenvalue weighted by atomic mass is 10.1. The number of benzene rings is 1. The topological polar surface area (TPSA) is 30.5 Å². The molecular formula is C16H25NO2. The van der Waals surface area contributed by atoms with Crippen LogP contribution in [0.25, 0.3) is 0 Å². The summed E-state index contributed by atoms with van der Waals surface area (Å²) in [5, 5.41) is 3.65. The van der Waals surface area contributed by atoms with Crippen molar-refractivity contribution in [2.75, 3.05) is 20.8 Å². The fraction of sp³-hybridized carbons (Fsp3) is 0.625. The maximum Gasteiger partial charge on any atom is 0.160 e. The summed E-state index contributed by atoms with van der Waals surface area (Å²) >= 11 is 0. The van der Waals surface area contributed by atoms with Crippen LogP contribution in [-0.4, -0.2) is 26.8 Å². The molecule has 0 aliphatic heterocycles. The molecule has 1 saturated carbocycles. The first-order chi connectivity index (χ1) is 9.22. The van der Waals surface area contributed by atoms with Crippen molar-refractivity contribution < 1.29 is 9.47 Å². The second kappa shape index (κ2) is 6.80. The predicted molar refractivity (Wildman–Crippen MR) is 78.1 cm³/mol. The van der Waals surface area contributed by atoms with E-state index in [2.05, 4.69) is 24.4 Å². The molecule has 2 unspecified atom stereocenters. The van der Waals surface area contributed by atoms with Gasteiger partial charge >= 0.3 is 0 Å². The molecular weight excluding hydrogens is 238 g/mol. The van der Waals surface area contributed by atoms with Crippen LogP contribution in [0.4, 0.5) is 0 Å². The molecule has 1 aromatic carbocycles. The van der Waals surface area contributed by atoms with Crippen LogP contribution in [0, 0.1) is 5.92 Å². The minimum absolute atomic E-state index is 0.718. The molecule has 3 nitrogen and oxygen atoms in total. The van der Waals surface area contributed by atoms with E-state index in [4.69, 9.17) is 9.47 Å². The van der Waals surface area contributed by atoms with E-state index in [9.17, 15) is 0 Å². The zero-order valence-electron chi connectivity index (χ0n) is 12.2. The zero-order chi connectivity index (χ0) is 13.7. The van der Waals surface area contributed by atoms with Gasteiger partial charge in [-0.3, -0.25) is 0 Å². The maximum absolute atomic E-state index is 5.33. The Morgan fingerprint density at radius 2 is 1.95 bits per heavy atom. The molecule has 0 spiro atoms. The summed E-state index contributed by atoms with van der Waals surface area (Å²) in [6.07, 6.45) is 5.05.